The molecule has 0 aliphatic carbocycles. The van der Waals surface area contributed by atoms with Crippen LogP contribution >= 0.6 is 0 Å². The Morgan fingerprint density at radius 1 is 0.857 bits per heavy atom. The zero-order valence-corrected chi connectivity index (χ0v) is 14.9. The number of amides is 1. The topological polar surface area (TPSA) is 82.4 Å². The molecule has 4 rings (SSSR count). The minimum Gasteiger partial charge on any atom is -0.485 e. The highest BCUT2D eigenvalue weighted by Gasteiger charge is 2.25. The summed E-state index contributed by atoms with van der Waals surface area (Å²) >= 11 is 0. The van der Waals surface area contributed by atoms with Crippen molar-refractivity contribution in [2.75, 3.05) is 0 Å². The van der Waals surface area contributed by atoms with Crippen LogP contribution in [0.5, 0.6) is 11.5 Å². The standard InChI is InChI=1S/C21H17N3O4/c25-21-24-23-20(28-21)17-11-18(26-13-15-7-3-1-4-8-15)19(12-22-17)27-14-16-9-5-2-6-10-16/h1-12,20H,13-14H2. The Kier molecular flexibility index (Phi) is 5.24. The summed E-state index contributed by atoms with van der Waals surface area (Å²) in [4.78, 5) is 15.5. The van der Waals surface area contributed by atoms with Gasteiger partial charge in [0.15, 0.2) is 11.5 Å². The van der Waals surface area contributed by atoms with Crippen molar-refractivity contribution in [2.24, 2.45) is 10.2 Å². The summed E-state index contributed by atoms with van der Waals surface area (Å²) in [5, 5.41) is 7.13. The van der Waals surface area contributed by atoms with E-state index in [4.69, 9.17) is 14.2 Å². The number of ether oxygens (including phenoxy) is 3. The van der Waals surface area contributed by atoms with Gasteiger partial charge in [-0.2, -0.15) is 0 Å². The van der Waals surface area contributed by atoms with Gasteiger partial charge in [-0.15, -0.1) is 5.11 Å². The molecule has 140 valence electrons. The summed E-state index contributed by atoms with van der Waals surface area (Å²) in [7, 11) is 0. The molecule has 0 saturated carbocycles. The molecule has 0 N–H and O–H groups in total. The van der Waals surface area contributed by atoms with Gasteiger partial charge in [-0.3, -0.25) is 4.98 Å². The molecule has 7 heteroatoms. The van der Waals surface area contributed by atoms with Crippen molar-refractivity contribution in [3.8, 4) is 11.5 Å². The SMILES string of the molecule is O=C1N=NC(c2cc(OCc3ccccc3)c(OCc3ccccc3)cn2)O1. The molecule has 2 aromatic carbocycles. The monoisotopic (exact) mass is 375 g/mol. The Hall–Kier alpha value is -3.74. The summed E-state index contributed by atoms with van der Waals surface area (Å²) in [6.07, 6.45) is -0.0574. The second-order valence-electron chi connectivity index (χ2n) is 6.06. The molecule has 1 atom stereocenters. The predicted octanol–water partition coefficient (Wildman–Crippen LogP) is 4.84. The van der Waals surface area contributed by atoms with Crippen molar-refractivity contribution in [1.82, 2.24) is 4.98 Å². The molecular weight excluding hydrogens is 358 g/mol. The molecule has 1 aromatic heterocycles. The summed E-state index contributed by atoms with van der Waals surface area (Å²) in [5.74, 6) is 0.979. The molecule has 0 saturated heterocycles. The van der Waals surface area contributed by atoms with E-state index < -0.39 is 12.3 Å². The van der Waals surface area contributed by atoms with Crippen molar-refractivity contribution in [1.29, 1.82) is 0 Å². The Bertz CT molecular complexity index is 977. The van der Waals surface area contributed by atoms with Gasteiger partial charge in [0.05, 0.1) is 6.20 Å². The van der Waals surface area contributed by atoms with E-state index in [-0.39, 0.29) is 0 Å². The van der Waals surface area contributed by atoms with E-state index in [9.17, 15) is 4.79 Å². The summed E-state index contributed by atoms with van der Waals surface area (Å²) in [5.41, 5.74) is 2.46. The molecule has 1 unspecified atom stereocenters. The molecule has 0 radical (unpaired) electrons. The van der Waals surface area contributed by atoms with Gasteiger partial charge < -0.3 is 14.2 Å². The molecule has 7 nitrogen and oxygen atoms in total. The van der Waals surface area contributed by atoms with E-state index in [0.29, 0.717) is 30.4 Å². The van der Waals surface area contributed by atoms with Crippen LogP contribution in [0.25, 0.3) is 0 Å². The zero-order valence-electron chi connectivity index (χ0n) is 14.9. The normalized spacial score (nSPS) is 15.3. The number of rotatable bonds is 7. The number of nitrogens with zero attached hydrogens (tertiary/aromatic N) is 3. The van der Waals surface area contributed by atoms with E-state index in [1.54, 1.807) is 12.3 Å². The van der Waals surface area contributed by atoms with E-state index in [1.807, 2.05) is 60.7 Å². The average Bonchev–Trinajstić information content (AvgIpc) is 3.19. The van der Waals surface area contributed by atoms with Crippen LogP contribution in [-0.4, -0.2) is 11.1 Å². The fourth-order valence-electron chi connectivity index (χ4n) is 2.63. The van der Waals surface area contributed by atoms with Crippen LogP contribution in [0.1, 0.15) is 23.0 Å². The van der Waals surface area contributed by atoms with E-state index in [0.717, 1.165) is 11.1 Å². The van der Waals surface area contributed by atoms with Crippen LogP contribution in [0.2, 0.25) is 0 Å². The highest BCUT2D eigenvalue weighted by Crippen LogP contribution is 2.33. The smallest absolute Gasteiger partial charge is 0.454 e. The Morgan fingerprint density at radius 2 is 1.46 bits per heavy atom. The van der Waals surface area contributed by atoms with Gasteiger partial charge in [-0.25, -0.2) is 4.79 Å². The Labute approximate surface area is 161 Å². The largest absolute Gasteiger partial charge is 0.485 e. The predicted molar refractivity (Wildman–Crippen MR) is 99.9 cm³/mol. The quantitative estimate of drug-likeness (QED) is 0.590. The van der Waals surface area contributed by atoms with E-state index >= 15 is 0 Å². The number of aromatic nitrogens is 1. The lowest BCUT2D eigenvalue weighted by Gasteiger charge is -2.15. The van der Waals surface area contributed by atoms with Gasteiger partial charge in [0.1, 0.15) is 18.9 Å². The fraction of sp³-hybridized carbons (Fsp3) is 0.143. The van der Waals surface area contributed by atoms with Gasteiger partial charge in [0.25, 0.3) is 6.23 Å². The zero-order chi connectivity index (χ0) is 19.2. The molecule has 3 aromatic rings. The summed E-state index contributed by atoms with van der Waals surface area (Å²) in [6.45, 7) is 0.736. The maximum absolute atomic E-state index is 11.2. The number of cyclic esters (lactones) is 1. The van der Waals surface area contributed by atoms with Crippen LogP contribution < -0.4 is 9.47 Å². The number of carbonyl (C=O) groups excluding carboxylic acids is 1. The highest BCUT2D eigenvalue weighted by atomic mass is 16.6. The fourth-order valence-corrected chi connectivity index (χ4v) is 2.63. The molecule has 0 bridgehead atoms. The van der Waals surface area contributed by atoms with Crippen molar-refractivity contribution < 1.29 is 19.0 Å². The van der Waals surface area contributed by atoms with Gasteiger partial charge in [-0.05, 0) is 11.1 Å². The van der Waals surface area contributed by atoms with E-state index in [2.05, 4.69) is 15.2 Å². The number of hydrogen-bond acceptors (Lipinski definition) is 6. The van der Waals surface area contributed by atoms with Crippen molar-refractivity contribution in [3.63, 3.8) is 0 Å². The number of hydrogen-bond donors (Lipinski definition) is 0. The van der Waals surface area contributed by atoms with Gasteiger partial charge in [-0.1, -0.05) is 65.8 Å². The first-order valence-corrected chi connectivity index (χ1v) is 8.73. The van der Waals surface area contributed by atoms with Crippen molar-refractivity contribution in [3.05, 3.63) is 89.7 Å². The molecule has 1 aliphatic heterocycles. The lowest BCUT2D eigenvalue weighted by atomic mass is 10.2. The average molecular weight is 375 g/mol. The highest BCUT2D eigenvalue weighted by molar-refractivity contribution is 5.69. The molecule has 2 heterocycles. The lowest BCUT2D eigenvalue weighted by Crippen LogP contribution is -2.05. The first-order chi connectivity index (χ1) is 13.8. The second-order valence-corrected chi connectivity index (χ2v) is 6.06. The minimum absolute atomic E-state index is 0.359. The molecule has 1 aliphatic rings. The van der Waals surface area contributed by atoms with Gasteiger partial charge >= 0.3 is 6.09 Å². The van der Waals surface area contributed by atoms with Crippen LogP contribution in [0, 0.1) is 0 Å². The number of azo groups is 1. The number of carbonyl (C=O) groups is 1. The third-order valence-corrected chi connectivity index (χ3v) is 4.04. The molecule has 0 fully saturated rings. The maximum Gasteiger partial charge on any atom is 0.454 e. The molecule has 0 spiro atoms. The molecular formula is C21H17N3O4. The second kappa shape index (κ2) is 8.30. The Balaban J connectivity index is 1.54. The third kappa shape index (κ3) is 4.32. The van der Waals surface area contributed by atoms with Crippen LogP contribution in [-0.2, 0) is 18.0 Å². The maximum atomic E-state index is 11.2. The molecule has 28 heavy (non-hydrogen) atoms. The summed E-state index contributed by atoms with van der Waals surface area (Å²) < 4.78 is 16.9. The van der Waals surface area contributed by atoms with Gasteiger partial charge in [0, 0.05) is 6.07 Å². The first-order valence-electron chi connectivity index (χ1n) is 8.73. The third-order valence-electron chi connectivity index (χ3n) is 4.04. The van der Waals surface area contributed by atoms with Crippen LogP contribution in [0.4, 0.5) is 4.79 Å². The Morgan fingerprint density at radius 3 is 2.04 bits per heavy atom. The number of benzene rings is 2. The van der Waals surface area contributed by atoms with Crippen LogP contribution in [0.15, 0.2) is 83.2 Å². The van der Waals surface area contributed by atoms with Gasteiger partial charge in [0.2, 0.25) is 0 Å². The van der Waals surface area contributed by atoms with Crippen LogP contribution in [0.3, 0.4) is 0 Å². The number of pyridine rings is 1. The van der Waals surface area contributed by atoms with E-state index in [1.165, 1.54) is 0 Å². The first kappa shape index (κ1) is 17.7. The summed E-state index contributed by atoms with van der Waals surface area (Å²) in [6, 6.07) is 21.2. The minimum atomic E-state index is -0.866. The lowest BCUT2D eigenvalue weighted by molar-refractivity contribution is 0.130. The van der Waals surface area contributed by atoms with Crippen molar-refractivity contribution >= 4 is 6.09 Å². The van der Waals surface area contributed by atoms with Crippen molar-refractivity contribution in [2.45, 2.75) is 19.4 Å². The molecule has 1 amide bonds.